The van der Waals surface area contributed by atoms with Crippen molar-refractivity contribution in [3.8, 4) is 11.5 Å². The number of aliphatic hydroxyl groups is 1. The van der Waals surface area contributed by atoms with E-state index in [4.69, 9.17) is 19.3 Å². The molecule has 0 spiro atoms. The van der Waals surface area contributed by atoms with Gasteiger partial charge in [-0.25, -0.2) is 4.79 Å². The van der Waals surface area contributed by atoms with Crippen molar-refractivity contribution in [1.82, 2.24) is 5.32 Å². The van der Waals surface area contributed by atoms with Gasteiger partial charge in [0.25, 0.3) is 5.91 Å². The van der Waals surface area contributed by atoms with Crippen molar-refractivity contribution in [2.75, 3.05) is 31.9 Å². The fourth-order valence-electron chi connectivity index (χ4n) is 2.76. The van der Waals surface area contributed by atoms with Gasteiger partial charge in [0.2, 0.25) is 6.79 Å². The molecule has 1 atom stereocenters. The molecule has 1 amide bonds. The van der Waals surface area contributed by atoms with Crippen LogP contribution in [0.5, 0.6) is 11.5 Å². The maximum Gasteiger partial charge on any atom is 0.340 e. The number of carbonyl (C=O) groups is 2. The molecule has 0 saturated carbocycles. The van der Waals surface area contributed by atoms with E-state index in [1.165, 1.54) is 0 Å². The molecule has 2 aromatic rings. The van der Waals surface area contributed by atoms with Gasteiger partial charge in [-0.2, -0.15) is 0 Å². The molecule has 1 aliphatic rings. The lowest BCUT2D eigenvalue weighted by Crippen LogP contribution is -2.31. The predicted molar refractivity (Wildman–Crippen MR) is 101 cm³/mol. The molecule has 8 heteroatoms. The average molecular weight is 386 g/mol. The number of carbonyl (C=O) groups excluding carboxylic acids is 2. The summed E-state index contributed by atoms with van der Waals surface area (Å²) in [5.41, 5.74) is 1.69. The fourth-order valence-corrected chi connectivity index (χ4v) is 2.76. The molecule has 2 aromatic carbocycles. The van der Waals surface area contributed by atoms with Gasteiger partial charge >= 0.3 is 5.97 Å². The third-order valence-corrected chi connectivity index (χ3v) is 4.18. The van der Waals surface area contributed by atoms with E-state index in [0.29, 0.717) is 29.3 Å². The van der Waals surface area contributed by atoms with Crippen LogP contribution in [0.1, 0.15) is 28.9 Å². The number of hydrogen-bond donors (Lipinski definition) is 3. The Morgan fingerprint density at radius 2 is 1.96 bits per heavy atom. The van der Waals surface area contributed by atoms with Gasteiger partial charge in [-0.15, -0.1) is 0 Å². The highest BCUT2D eigenvalue weighted by molar-refractivity contribution is 5.96. The number of amides is 1. The third-order valence-electron chi connectivity index (χ3n) is 4.18. The van der Waals surface area contributed by atoms with Crippen LogP contribution in [-0.4, -0.2) is 43.5 Å². The molecule has 1 aliphatic heterocycles. The van der Waals surface area contributed by atoms with Gasteiger partial charge in [-0.3, -0.25) is 4.79 Å². The Balaban J connectivity index is 1.53. The van der Waals surface area contributed by atoms with Crippen LogP contribution in [0.4, 0.5) is 5.69 Å². The minimum atomic E-state index is -0.619. The number of nitrogens with one attached hydrogen (secondary N) is 2. The quantitative estimate of drug-likeness (QED) is 0.595. The number of esters is 1. The number of ether oxygens (including phenoxy) is 3. The standard InChI is InChI=1S/C20H22N2O6/c1-13(14-6-7-17-18(10-14)28-12-27-17)22-19(24)11-26-20(25)15-4-2-3-5-16(15)21-8-9-23/h2-7,10,13,21,23H,8-9,11-12H2,1H3,(H,22,24)/t13-/m1/s1. The number of para-hydroxylation sites is 1. The Morgan fingerprint density at radius 3 is 2.79 bits per heavy atom. The van der Waals surface area contributed by atoms with Crippen LogP contribution in [0, 0.1) is 0 Å². The zero-order valence-corrected chi connectivity index (χ0v) is 15.4. The highest BCUT2D eigenvalue weighted by atomic mass is 16.7. The van der Waals surface area contributed by atoms with Crippen molar-refractivity contribution in [3.63, 3.8) is 0 Å². The van der Waals surface area contributed by atoms with E-state index in [2.05, 4.69) is 10.6 Å². The summed E-state index contributed by atoms with van der Waals surface area (Å²) in [5.74, 6) is 0.271. The molecule has 8 nitrogen and oxygen atoms in total. The molecular weight excluding hydrogens is 364 g/mol. The molecule has 0 aliphatic carbocycles. The Morgan fingerprint density at radius 1 is 1.18 bits per heavy atom. The van der Waals surface area contributed by atoms with Gasteiger partial charge in [0.15, 0.2) is 18.1 Å². The van der Waals surface area contributed by atoms with Crippen molar-refractivity contribution < 1.29 is 28.9 Å². The second kappa shape index (κ2) is 9.09. The first kappa shape index (κ1) is 19.5. The van der Waals surface area contributed by atoms with Crippen LogP contribution in [0.15, 0.2) is 42.5 Å². The number of fused-ring (bicyclic) bond motifs is 1. The van der Waals surface area contributed by atoms with Crippen molar-refractivity contribution in [1.29, 1.82) is 0 Å². The number of benzene rings is 2. The maximum absolute atomic E-state index is 12.3. The monoisotopic (exact) mass is 386 g/mol. The lowest BCUT2D eigenvalue weighted by molar-refractivity contribution is -0.124. The highest BCUT2D eigenvalue weighted by Crippen LogP contribution is 2.34. The Bertz CT molecular complexity index is 854. The molecule has 28 heavy (non-hydrogen) atoms. The van der Waals surface area contributed by atoms with Gasteiger partial charge in [-0.05, 0) is 36.8 Å². The lowest BCUT2D eigenvalue weighted by Gasteiger charge is -2.15. The van der Waals surface area contributed by atoms with Gasteiger partial charge in [0.1, 0.15) is 0 Å². The summed E-state index contributed by atoms with van der Waals surface area (Å²) in [4.78, 5) is 24.4. The smallest absolute Gasteiger partial charge is 0.340 e. The Hall–Kier alpha value is -3.26. The van der Waals surface area contributed by atoms with Crippen molar-refractivity contribution in [2.45, 2.75) is 13.0 Å². The molecule has 1 heterocycles. The number of hydrogen-bond acceptors (Lipinski definition) is 7. The summed E-state index contributed by atoms with van der Waals surface area (Å²) in [6.07, 6.45) is 0. The summed E-state index contributed by atoms with van der Waals surface area (Å²) in [6, 6.07) is 11.9. The second-order valence-electron chi connectivity index (χ2n) is 6.17. The Labute approximate surface area is 162 Å². The van der Waals surface area contributed by atoms with Gasteiger partial charge in [0.05, 0.1) is 18.2 Å². The molecule has 3 rings (SSSR count). The normalized spacial score (nSPS) is 12.9. The molecule has 148 valence electrons. The number of anilines is 1. The summed E-state index contributed by atoms with van der Waals surface area (Å²) in [5, 5.41) is 14.6. The Kier molecular flexibility index (Phi) is 6.33. The van der Waals surface area contributed by atoms with Gasteiger partial charge in [-0.1, -0.05) is 18.2 Å². The van der Waals surface area contributed by atoms with E-state index >= 15 is 0 Å². The van der Waals surface area contributed by atoms with Crippen LogP contribution >= 0.6 is 0 Å². The van der Waals surface area contributed by atoms with Crippen LogP contribution in [0.2, 0.25) is 0 Å². The van der Waals surface area contributed by atoms with Crippen molar-refractivity contribution in [2.24, 2.45) is 0 Å². The zero-order valence-electron chi connectivity index (χ0n) is 15.4. The molecule has 0 bridgehead atoms. The molecule has 0 aromatic heterocycles. The van der Waals surface area contributed by atoms with Crippen LogP contribution in [0.3, 0.4) is 0 Å². The summed E-state index contributed by atoms with van der Waals surface area (Å²) < 4.78 is 15.7. The van der Waals surface area contributed by atoms with Crippen LogP contribution in [-0.2, 0) is 9.53 Å². The lowest BCUT2D eigenvalue weighted by atomic mass is 10.1. The van der Waals surface area contributed by atoms with Crippen molar-refractivity contribution in [3.05, 3.63) is 53.6 Å². The van der Waals surface area contributed by atoms with Gasteiger partial charge < -0.3 is 30.0 Å². The van der Waals surface area contributed by atoms with E-state index in [1.807, 2.05) is 19.1 Å². The maximum atomic E-state index is 12.3. The SMILES string of the molecule is C[C@@H](NC(=O)COC(=O)c1ccccc1NCCO)c1ccc2c(c1)OCO2. The summed E-state index contributed by atoms with van der Waals surface area (Å²) >= 11 is 0. The van der Waals surface area contributed by atoms with Crippen LogP contribution < -0.4 is 20.1 Å². The van der Waals surface area contributed by atoms with Gasteiger partial charge in [0, 0.05) is 12.2 Å². The first-order valence-corrected chi connectivity index (χ1v) is 8.88. The zero-order chi connectivity index (χ0) is 19.9. The van der Waals surface area contributed by atoms with Crippen molar-refractivity contribution >= 4 is 17.6 Å². The molecule has 0 fully saturated rings. The van der Waals surface area contributed by atoms with E-state index in [9.17, 15) is 9.59 Å². The largest absolute Gasteiger partial charge is 0.454 e. The van der Waals surface area contributed by atoms with E-state index in [-0.39, 0.29) is 19.4 Å². The first-order valence-electron chi connectivity index (χ1n) is 8.88. The molecular formula is C20H22N2O6. The number of aliphatic hydroxyl groups excluding tert-OH is 1. The predicted octanol–water partition coefficient (Wildman–Crippen LogP) is 1.85. The molecule has 0 unspecified atom stereocenters. The topological polar surface area (TPSA) is 106 Å². The van der Waals surface area contributed by atoms with Crippen LogP contribution in [0.25, 0.3) is 0 Å². The minimum absolute atomic E-state index is 0.0659. The van der Waals surface area contributed by atoms with E-state index in [1.54, 1.807) is 30.3 Å². The average Bonchev–Trinajstić information content (AvgIpc) is 3.18. The first-order chi connectivity index (χ1) is 13.6. The van der Waals surface area contributed by atoms with E-state index < -0.39 is 18.5 Å². The summed E-state index contributed by atoms with van der Waals surface area (Å²) in [7, 11) is 0. The fraction of sp³-hybridized carbons (Fsp3) is 0.300. The number of rotatable bonds is 8. The molecule has 0 saturated heterocycles. The summed E-state index contributed by atoms with van der Waals surface area (Å²) in [6.45, 7) is 1.85. The third kappa shape index (κ3) is 4.72. The molecule has 3 N–H and O–H groups in total. The molecule has 0 radical (unpaired) electrons. The second-order valence-corrected chi connectivity index (χ2v) is 6.17. The minimum Gasteiger partial charge on any atom is -0.454 e. The highest BCUT2D eigenvalue weighted by Gasteiger charge is 2.18. The van der Waals surface area contributed by atoms with E-state index in [0.717, 1.165) is 5.56 Å².